The minimum atomic E-state index is -4.37. The molecule has 0 spiro atoms. The molecule has 1 aliphatic carbocycles. The molecule has 1 amide bonds. The molecule has 1 saturated carbocycles. The first-order valence-electron chi connectivity index (χ1n) is 6.31. The summed E-state index contributed by atoms with van der Waals surface area (Å²) in [6.45, 7) is 0.431. The molecule has 2 rings (SSSR count). The third-order valence-corrected chi connectivity index (χ3v) is 2.91. The lowest BCUT2D eigenvalue weighted by Gasteiger charge is -2.14. The van der Waals surface area contributed by atoms with Gasteiger partial charge in [0.05, 0.1) is 17.9 Å². The molecule has 0 aliphatic heterocycles. The highest BCUT2D eigenvalue weighted by Crippen LogP contribution is 2.29. The van der Waals surface area contributed by atoms with E-state index in [4.69, 9.17) is 0 Å². The van der Waals surface area contributed by atoms with Crippen molar-refractivity contribution >= 4 is 5.91 Å². The molecule has 1 unspecified atom stereocenters. The fourth-order valence-electron chi connectivity index (χ4n) is 1.65. The normalized spacial score (nSPS) is 16.6. The molecule has 20 heavy (non-hydrogen) atoms. The molecule has 0 saturated heterocycles. The Bertz CT molecular complexity index is 469. The van der Waals surface area contributed by atoms with Crippen LogP contribution in [0.25, 0.3) is 0 Å². The van der Waals surface area contributed by atoms with Crippen LogP contribution in [0.3, 0.4) is 0 Å². The van der Waals surface area contributed by atoms with Gasteiger partial charge in [0.15, 0.2) is 6.61 Å². The van der Waals surface area contributed by atoms with Gasteiger partial charge in [-0.05, 0) is 31.9 Å². The Labute approximate surface area is 114 Å². The molecule has 1 atom stereocenters. The highest BCUT2D eigenvalue weighted by Gasteiger charge is 2.30. The van der Waals surface area contributed by atoms with Gasteiger partial charge in [-0.25, -0.2) is 0 Å². The molecule has 7 heteroatoms. The first-order chi connectivity index (χ1) is 9.35. The van der Waals surface area contributed by atoms with Crippen LogP contribution in [0.15, 0.2) is 18.3 Å². The topological polar surface area (TPSA) is 51.2 Å². The highest BCUT2D eigenvalue weighted by molar-refractivity contribution is 5.81. The van der Waals surface area contributed by atoms with Gasteiger partial charge in [-0.3, -0.25) is 9.78 Å². The average Bonchev–Trinajstić information content (AvgIpc) is 3.20. The third kappa shape index (κ3) is 4.40. The number of halogens is 3. The highest BCUT2D eigenvalue weighted by atomic mass is 19.4. The molecule has 1 aliphatic rings. The molecule has 1 aromatic heterocycles. The first kappa shape index (κ1) is 14.6. The van der Waals surface area contributed by atoms with E-state index < -0.39 is 12.8 Å². The van der Waals surface area contributed by atoms with Crippen LogP contribution in [-0.2, 0) is 4.79 Å². The zero-order valence-electron chi connectivity index (χ0n) is 10.9. The van der Waals surface area contributed by atoms with Gasteiger partial charge in [-0.15, -0.1) is 0 Å². The Balaban J connectivity index is 1.88. The van der Waals surface area contributed by atoms with Crippen LogP contribution in [0.1, 0.15) is 31.5 Å². The Kier molecular flexibility index (Phi) is 4.15. The van der Waals surface area contributed by atoms with E-state index in [2.05, 4.69) is 15.0 Å². The number of pyridine rings is 1. The number of hydrogen-bond donors (Lipinski definition) is 1. The predicted octanol–water partition coefficient (Wildman–Crippen LogP) is 2.61. The van der Waals surface area contributed by atoms with Crippen molar-refractivity contribution in [1.82, 2.24) is 10.3 Å². The number of alkyl halides is 3. The SMILES string of the molecule is CC(NC(=O)C1CC1)c1ccc(OCC(F)(F)F)cn1. The molecule has 4 nitrogen and oxygen atoms in total. The predicted molar refractivity (Wildman–Crippen MR) is 65.1 cm³/mol. The van der Waals surface area contributed by atoms with Crippen molar-refractivity contribution < 1.29 is 22.7 Å². The zero-order chi connectivity index (χ0) is 14.8. The lowest BCUT2D eigenvalue weighted by Crippen LogP contribution is -2.28. The fraction of sp³-hybridized carbons (Fsp3) is 0.538. The van der Waals surface area contributed by atoms with E-state index in [0.717, 1.165) is 12.8 Å². The van der Waals surface area contributed by atoms with Crippen LogP contribution >= 0.6 is 0 Å². The van der Waals surface area contributed by atoms with Crippen molar-refractivity contribution in [2.24, 2.45) is 5.92 Å². The van der Waals surface area contributed by atoms with Crippen molar-refractivity contribution in [3.05, 3.63) is 24.0 Å². The number of hydrogen-bond acceptors (Lipinski definition) is 3. The summed E-state index contributed by atoms with van der Waals surface area (Å²) in [4.78, 5) is 15.6. The number of carbonyl (C=O) groups is 1. The van der Waals surface area contributed by atoms with E-state index in [1.165, 1.54) is 12.3 Å². The Morgan fingerprint density at radius 1 is 1.50 bits per heavy atom. The van der Waals surface area contributed by atoms with Gasteiger partial charge in [0, 0.05) is 5.92 Å². The molecule has 0 aromatic carbocycles. The number of carbonyl (C=O) groups excluding carboxylic acids is 1. The van der Waals surface area contributed by atoms with Crippen LogP contribution in [0, 0.1) is 5.92 Å². The average molecular weight is 288 g/mol. The summed E-state index contributed by atoms with van der Waals surface area (Å²) >= 11 is 0. The number of nitrogens with zero attached hydrogens (tertiary/aromatic N) is 1. The molecule has 0 radical (unpaired) electrons. The van der Waals surface area contributed by atoms with E-state index in [0.29, 0.717) is 5.69 Å². The van der Waals surface area contributed by atoms with E-state index in [1.807, 2.05) is 0 Å². The summed E-state index contributed by atoms with van der Waals surface area (Å²) in [6.07, 6.45) is -1.32. The maximum absolute atomic E-state index is 12.0. The van der Waals surface area contributed by atoms with Crippen LogP contribution in [-0.4, -0.2) is 23.7 Å². The number of ether oxygens (including phenoxy) is 1. The molecular weight excluding hydrogens is 273 g/mol. The van der Waals surface area contributed by atoms with Crippen LogP contribution in [0.2, 0.25) is 0 Å². The lowest BCUT2D eigenvalue weighted by molar-refractivity contribution is -0.153. The summed E-state index contributed by atoms with van der Waals surface area (Å²) in [5.41, 5.74) is 0.582. The summed E-state index contributed by atoms with van der Waals surface area (Å²) in [5, 5.41) is 2.81. The van der Waals surface area contributed by atoms with Gasteiger partial charge < -0.3 is 10.1 Å². The number of rotatable bonds is 5. The largest absolute Gasteiger partial charge is 0.483 e. The molecule has 0 bridgehead atoms. The Morgan fingerprint density at radius 2 is 2.20 bits per heavy atom. The molecule has 1 N–H and O–H groups in total. The summed E-state index contributed by atoms with van der Waals surface area (Å²) in [5.74, 6) is 0.148. The molecule has 1 aromatic rings. The number of amides is 1. The molecule has 1 fully saturated rings. The van der Waals surface area contributed by atoms with Crippen LogP contribution in [0.5, 0.6) is 5.75 Å². The summed E-state index contributed by atoms with van der Waals surface area (Å²) in [6, 6.07) is 2.68. The molecule has 1 heterocycles. The van der Waals surface area contributed by atoms with E-state index in [-0.39, 0.29) is 23.6 Å². The van der Waals surface area contributed by atoms with Crippen molar-refractivity contribution in [3.63, 3.8) is 0 Å². The number of nitrogens with one attached hydrogen (secondary N) is 1. The van der Waals surface area contributed by atoms with Crippen molar-refractivity contribution in [1.29, 1.82) is 0 Å². The van der Waals surface area contributed by atoms with Crippen molar-refractivity contribution in [2.75, 3.05) is 6.61 Å². The quantitative estimate of drug-likeness (QED) is 0.906. The first-order valence-corrected chi connectivity index (χ1v) is 6.31. The second-order valence-corrected chi connectivity index (χ2v) is 4.83. The second-order valence-electron chi connectivity index (χ2n) is 4.83. The third-order valence-electron chi connectivity index (χ3n) is 2.91. The zero-order valence-corrected chi connectivity index (χ0v) is 10.9. The smallest absolute Gasteiger partial charge is 0.422 e. The monoisotopic (exact) mass is 288 g/mol. The number of aromatic nitrogens is 1. The van der Waals surface area contributed by atoms with E-state index in [1.54, 1.807) is 13.0 Å². The summed E-state index contributed by atoms with van der Waals surface area (Å²) < 4.78 is 40.5. The van der Waals surface area contributed by atoms with Crippen molar-refractivity contribution in [3.8, 4) is 5.75 Å². The lowest BCUT2D eigenvalue weighted by atomic mass is 10.2. The van der Waals surface area contributed by atoms with Crippen molar-refractivity contribution in [2.45, 2.75) is 32.0 Å². The maximum atomic E-state index is 12.0. The molecular formula is C13H15F3N2O2. The van der Waals surface area contributed by atoms with Gasteiger partial charge >= 0.3 is 6.18 Å². The van der Waals surface area contributed by atoms with E-state index in [9.17, 15) is 18.0 Å². The minimum Gasteiger partial charge on any atom is -0.483 e. The van der Waals surface area contributed by atoms with Gasteiger partial charge in [0.25, 0.3) is 0 Å². The molecule has 110 valence electrons. The minimum absolute atomic E-state index is 0.00306. The van der Waals surface area contributed by atoms with Gasteiger partial charge in [-0.1, -0.05) is 0 Å². The Morgan fingerprint density at radius 3 is 2.70 bits per heavy atom. The second kappa shape index (κ2) is 5.68. The van der Waals surface area contributed by atoms with Gasteiger partial charge in [0.2, 0.25) is 5.91 Å². The van der Waals surface area contributed by atoms with Gasteiger partial charge in [-0.2, -0.15) is 13.2 Å². The van der Waals surface area contributed by atoms with Crippen LogP contribution < -0.4 is 10.1 Å². The van der Waals surface area contributed by atoms with Crippen LogP contribution in [0.4, 0.5) is 13.2 Å². The van der Waals surface area contributed by atoms with Gasteiger partial charge in [0.1, 0.15) is 5.75 Å². The fourth-order valence-corrected chi connectivity index (χ4v) is 1.65. The Hall–Kier alpha value is -1.79. The maximum Gasteiger partial charge on any atom is 0.422 e. The standard InChI is InChI=1S/C13H15F3N2O2/c1-8(18-12(19)9-2-3-9)11-5-4-10(6-17-11)20-7-13(14,15)16/h4-6,8-9H,2-3,7H2,1H3,(H,18,19). The summed E-state index contributed by atoms with van der Waals surface area (Å²) in [7, 11) is 0. The van der Waals surface area contributed by atoms with E-state index >= 15 is 0 Å².